The van der Waals surface area contributed by atoms with Gasteiger partial charge < -0.3 is 16.0 Å². The van der Waals surface area contributed by atoms with Gasteiger partial charge in [0.2, 0.25) is 5.91 Å². The van der Waals surface area contributed by atoms with Gasteiger partial charge in [-0.15, -0.1) is 0 Å². The van der Waals surface area contributed by atoms with Crippen molar-refractivity contribution in [2.24, 2.45) is 0 Å². The maximum absolute atomic E-state index is 11.8. The summed E-state index contributed by atoms with van der Waals surface area (Å²) in [4.78, 5) is 26.7. The number of aromatic nitrogens is 1. The number of carbonyl (C=O) groups is 2. The van der Waals surface area contributed by atoms with Crippen LogP contribution in [0.5, 0.6) is 0 Å². The third kappa shape index (κ3) is 5.85. The predicted molar refractivity (Wildman–Crippen MR) is 74.0 cm³/mol. The molecule has 0 unspecified atom stereocenters. The number of nitrogens with zero attached hydrogens (tertiary/aromatic N) is 1. The second-order valence-corrected chi connectivity index (χ2v) is 4.07. The molecule has 19 heavy (non-hydrogen) atoms. The van der Waals surface area contributed by atoms with Crippen molar-refractivity contribution in [3.8, 4) is 0 Å². The zero-order valence-electron chi connectivity index (χ0n) is 11.3. The summed E-state index contributed by atoms with van der Waals surface area (Å²) in [5.41, 5.74) is 0.365. The van der Waals surface area contributed by atoms with E-state index in [9.17, 15) is 9.59 Å². The lowest BCUT2D eigenvalue weighted by atomic mass is 10.3. The molecular formula is C13H20N4O2. The lowest BCUT2D eigenvalue weighted by Gasteiger charge is -2.07. The van der Waals surface area contributed by atoms with E-state index in [2.05, 4.69) is 27.9 Å². The third-order valence-corrected chi connectivity index (χ3v) is 2.32. The molecule has 0 aliphatic rings. The summed E-state index contributed by atoms with van der Waals surface area (Å²) in [6.45, 7) is 5.11. The summed E-state index contributed by atoms with van der Waals surface area (Å²) in [6, 6.07) is 5.27. The topological polar surface area (TPSA) is 83.1 Å². The van der Waals surface area contributed by atoms with Crippen LogP contribution >= 0.6 is 0 Å². The van der Waals surface area contributed by atoms with Crippen LogP contribution in [0.2, 0.25) is 0 Å². The van der Waals surface area contributed by atoms with E-state index >= 15 is 0 Å². The van der Waals surface area contributed by atoms with Crippen molar-refractivity contribution < 1.29 is 9.59 Å². The first-order valence-electron chi connectivity index (χ1n) is 6.37. The molecule has 1 aromatic rings. The molecule has 3 N–H and O–H groups in total. The first kappa shape index (κ1) is 14.9. The van der Waals surface area contributed by atoms with E-state index in [1.54, 1.807) is 12.1 Å². The summed E-state index contributed by atoms with van der Waals surface area (Å²) >= 11 is 0. The number of nitrogens with one attached hydrogen (secondary N) is 3. The predicted octanol–water partition coefficient (Wildman–Crippen LogP) is 0.769. The average Bonchev–Trinajstić information content (AvgIpc) is 2.41. The number of anilines is 1. The van der Waals surface area contributed by atoms with Crippen molar-refractivity contribution >= 4 is 17.6 Å². The summed E-state index contributed by atoms with van der Waals surface area (Å²) in [5.74, 6) is 0.333. The molecule has 1 rings (SSSR count). The standard InChI is InChI=1S/C13H20N4O2/c1-3-7-15-12-6-4-5-11(17-12)13(19)16-9-8-14-10(2)18/h4-6H,3,7-9H2,1-2H3,(H,14,18)(H,15,17)(H,16,19). The van der Waals surface area contributed by atoms with Crippen LogP contribution in [-0.4, -0.2) is 36.4 Å². The van der Waals surface area contributed by atoms with E-state index in [4.69, 9.17) is 0 Å². The number of amides is 2. The van der Waals surface area contributed by atoms with Gasteiger partial charge in [-0.2, -0.15) is 0 Å². The van der Waals surface area contributed by atoms with E-state index < -0.39 is 0 Å². The Kier molecular flexibility index (Phi) is 6.35. The molecule has 0 aliphatic carbocycles. The maximum Gasteiger partial charge on any atom is 0.270 e. The number of rotatable bonds is 7. The maximum atomic E-state index is 11.8. The van der Waals surface area contributed by atoms with Crippen LogP contribution in [0.15, 0.2) is 18.2 Å². The van der Waals surface area contributed by atoms with Crippen LogP contribution in [-0.2, 0) is 4.79 Å². The van der Waals surface area contributed by atoms with Crippen molar-refractivity contribution in [1.29, 1.82) is 0 Å². The van der Waals surface area contributed by atoms with Gasteiger partial charge in [0.25, 0.3) is 5.91 Å². The van der Waals surface area contributed by atoms with Gasteiger partial charge in [-0.1, -0.05) is 13.0 Å². The molecule has 1 aromatic heterocycles. The lowest BCUT2D eigenvalue weighted by molar-refractivity contribution is -0.118. The summed E-state index contributed by atoms with van der Waals surface area (Å²) in [5, 5.41) is 8.42. The molecule has 0 aliphatic heterocycles. The Morgan fingerprint density at radius 2 is 1.89 bits per heavy atom. The highest BCUT2D eigenvalue weighted by molar-refractivity contribution is 5.92. The number of hydrogen-bond acceptors (Lipinski definition) is 4. The molecular weight excluding hydrogens is 244 g/mol. The monoisotopic (exact) mass is 264 g/mol. The van der Waals surface area contributed by atoms with Gasteiger partial charge in [-0.25, -0.2) is 4.98 Å². The van der Waals surface area contributed by atoms with E-state index in [0.717, 1.165) is 13.0 Å². The fraction of sp³-hybridized carbons (Fsp3) is 0.462. The van der Waals surface area contributed by atoms with Gasteiger partial charge in [0.15, 0.2) is 0 Å². The molecule has 0 fully saturated rings. The van der Waals surface area contributed by atoms with Crippen LogP contribution in [0.3, 0.4) is 0 Å². The van der Waals surface area contributed by atoms with Crippen LogP contribution in [0.4, 0.5) is 5.82 Å². The molecule has 0 saturated heterocycles. The minimum Gasteiger partial charge on any atom is -0.370 e. The first-order valence-corrected chi connectivity index (χ1v) is 6.37. The normalized spacial score (nSPS) is 9.79. The zero-order valence-corrected chi connectivity index (χ0v) is 11.3. The second-order valence-electron chi connectivity index (χ2n) is 4.07. The second kappa shape index (κ2) is 8.07. The van der Waals surface area contributed by atoms with E-state index in [-0.39, 0.29) is 11.8 Å². The molecule has 0 saturated carbocycles. The van der Waals surface area contributed by atoms with Crippen LogP contribution in [0, 0.1) is 0 Å². The lowest BCUT2D eigenvalue weighted by Crippen LogP contribution is -2.34. The summed E-state index contributed by atoms with van der Waals surface area (Å²) in [7, 11) is 0. The Bertz CT molecular complexity index is 434. The van der Waals surface area contributed by atoms with Gasteiger partial charge >= 0.3 is 0 Å². The highest BCUT2D eigenvalue weighted by Gasteiger charge is 2.06. The Balaban J connectivity index is 2.45. The van der Waals surface area contributed by atoms with Crippen molar-refractivity contribution in [3.63, 3.8) is 0 Å². The van der Waals surface area contributed by atoms with E-state index in [0.29, 0.717) is 24.6 Å². The SMILES string of the molecule is CCCNc1cccc(C(=O)NCCNC(C)=O)n1. The van der Waals surface area contributed by atoms with Crippen molar-refractivity contribution in [2.75, 3.05) is 25.0 Å². The highest BCUT2D eigenvalue weighted by atomic mass is 16.2. The Hall–Kier alpha value is -2.11. The Morgan fingerprint density at radius 3 is 2.58 bits per heavy atom. The molecule has 0 radical (unpaired) electrons. The smallest absolute Gasteiger partial charge is 0.270 e. The number of pyridine rings is 1. The van der Waals surface area contributed by atoms with Crippen molar-refractivity contribution in [2.45, 2.75) is 20.3 Å². The molecule has 104 valence electrons. The molecule has 6 heteroatoms. The number of carbonyl (C=O) groups excluding carboxylic acids is 2. The molecule has 2 amide bonds. The largest absolute Gasteiger partial charge is 0.370 e. The zero-order chi connectivity index (χ0) is 14.1. The Morgan fingerprint density at radius 1 is 1.16 bits per heavy atom. The summed E-state index contributed by atoms with van der Waals surface area (Å²) in [6.07, 6.45) is 0.995. The van der Waals surface area contributed by atoms with Gasteiger partial charge in [0.1, 0.15) is 11.5 Å². The fourth-order valence-corrected chi connectivity index (χ4v) is 1.42. The Labute approximate surface area is 113 Å². The van der Waals surface area contributed by atoms with E-state index in [1.807, 2.05) is 6.07 Å². The molecule has 0 aromatic carbocycles. The molecule has 0 bridgehead atoms. The minimum absolute atomic E-state index is 0.113. The first-order chi connectivity index (χ1) is 9.13. The molecule has 6 nitrogen and oxygen atoms in total. The van der Waals surface area contributed by atoms with Crippen LogP contribution in [0.25, 0.3) is 0 Å². The minimum atomic E-state index is -0.245. The summed E-state index contributed by atoms with van der Waals surface area (Å²) < 4.78 is 0. The van der Waals surface area contributed by atoms with Gasteiger partial charge in [0.05, 0.1) is 0 Å². The van der Waals surface area contributed by atoms with Crippen molar-refractivity contribution in [3.05, 3.63) is 23.9 Å². The van der Waals surface area contributed by atoms with Gasteiger partial charge in [-0.05, 0) is 18.6 Å². The highest BCUT2D eigenvalue weighted by Crippen LogP contribution is 2.04. The van der Waals surface area contributed by atoms with Crippen molar-refractivity contribution in [1.82, 2.24) is 15.6 Å². The fourth-order valence-electron chi connectivity index (χ4n) is 1.42. The number of hydrogen-bond donors (Lipinski definition) is 3. The van der Waals surface area contributed by atoms with Gasteiger partial charge in [-0.3, -0.25) is 9.59 Å². The molecule has 1 heterocycles. The average molecular weight is 264 g/mol. The van der Waals surface area contributed by atoms with Crippen LogP contribution in [0.1, 0.15) is 30.8 Å². The quantitative estimate of drug-likeness (QED) is 0.635. The molecule has 0 spiro atoms. The van der Waals surface area contributed by atoms with Crippen LogP contribution < -0.4 is 16.0 Å². The molecule has 0 atom stereocenters. The van der Waals surface area contributed by atoms with Gasteiger partial charge in [0, 0.05) is 26.6 Å². The third-order valence-electron chi connectivity index (χ3n) is 2.32. The van der Waals surface area contributed by atoms with E-state index in [1.165, 1.54) is 6.92 Å².